The molecule has 29 nitrogen and oxygen atoms in total. The van der Waals surface area contributed by atoms with E-state index in [2.05, 4.69) is 0 Å². The number of carboxylic acids is 4. The second kappa shape index (κ2) is 47.8. The molecule has 0 spiro atoms. The summed E-state index contributed by atoms with van der Waals surface area (Å²) in [5, 5.41) is 34.8. The number of rotatable bonds is 33. The number of methoxy groups -OCH3 is 1. The Hall–Kier alpha value is -11.7. The standard InChI is InChI=1S/C25H28N2O5.C21H26N2O6.C20H32N2O4.C20H26N2O4.CO2/c1-18-7-9-20(10-8-18)24(30)27-17-16-26(15-5-3-4-6-22(28)29)25(31)23(27)19-11-13-21(32-2)14-12-19;1-14(2)19-21(27)22(9-5-3-4-6-18(24)25)10-11-23(19)20(26)15-7-8-16-17(12-15)29-13-28-16;2*1-15(2)18-20(26)21(12-8-4-7-11-17(23)24)13-14-22(18)19(25)16-9-5-3-6-10-16;2-1-3/h7-14,16-17,23H,3-6,15H2,1-2H3,(H,28,29);7-8,10-12,14,19H,3-6,9,13H2,1-2H3,(H,24,25);13-16,18H,3-12H2,1-2H3,(H,23,24);3,5-6,9-10,13-15,18H,4,7-8,11-12H2,1-2H3,(H,23,24);. The van der Waals surface area contributed by atoms with Crippen LogP contribution in [0.25, 0.3) is 0 Å². The van der Waals surface area contributed by atoms with E-state index in [1.165, 1.54) is 21.1 Å². The van der Waals surface area contributed by atoms with Gasteiger partial charge in [-0.2, -0.15) is 9.59 Å². The summed E-state index contributed by atoms with van der Waals surface area (Å²) in [5.74, 6) is -2.47. The maximum atomic E-state index is 13.4. The van der Waals surface area contributed by atoms with Gasteiger partial charge in [-0.3, -0.25) is 62.4 Å². The number of ether oxygens (including phenoxy) is 3. The molecule has 4 aromatic carbocycles. The first kappa shape index (κ1) is 93.1. The molecule has 4 aromatic rings. The van der Waals surface area contributed by atoms with Gasteiger partial charge in [0, 0.05) is 124 Å². The van der Waals surface area contributed by atoms with E-state index < -0.39 is 48.0 Å². The minimum atomic E-state index is -0.816. The molecule has 6 aliphatic rings. The molecular formula is C87H112N8O21. The number of carbonyl (C=O) groups is 12. The van der Waals surface area contributed by atoms with E-state index >= 15 is 0 Å². The van der Waals surface area contributed by atoms with Gasteiger partial charge in [-0.25, -0.2) is 0 Å². The first-order valence-corrected chi connectivity index (χ1v) is 39.8. The van der Waals surface area contributed by atoms with Gasteiger partial charge in [-0.15, -0.1) is 0 Å². The lowest BCUT2D eigenvalue weighted by Crippen LogP contribution is -2.54. The van der Waals surface area contributed by atoms with E-state index in [0.29, 0.717) is 111 Å². The van der Waals surface area contributed by atoms with Crippen LogP contribution < -0.4 is 14.2 Å². The summed E-state index contributed by atoms with van der Waals surface area (Å²) in [4.78, 5) is 176. The number of hydrogen-bond donors (Lipinski definition) is 4. The Morgan fingerprint density at radius 3 is 1.20 bits per heavy atom. The van der Waals surface area contributed by atoms with Gasteiger partial charge in [0.1, 0.15) is 29.9 Å². The molecule has 1 aliphatic carbocycles. The fourth-order valence-corrected chi connectivity index (χ4v) is 14.1. The van der Waals surface area contributed by atoms with Crippen molar-refractivity contribution in [3.05, 3.63) is 174 Å². The van der Waals surface area contributed by atoms with Gasteiger partial charge in [0.2, 0.25) is 30.4 Å². The zero-order chi connectivity index (χ0) is 85.0. The number of fused-ring (bicyclic) bond motifs is 1. The Morgan fingerprint density at radius 2 is 0.784 bits per heavy atom. The second-order valence-electron chi connectivity index (χ2n) is 30.0. The molecule has 4 unspecified atom stereocenters. The van der Waals surface area contributed by atoms with Gasteiger partial charge < -0.3 is 68.9 Å². The zero-order valence-electron chi connectivity index (χ0n) is 67.7. The predicted octanol–water partition coefficient (Wildman–Crippen LogP) is 12.9. The van der Waals surface area contributed by atoms with Gasteiger partial charge in [-0.1, -0.05) is 135 Å². The molecule has 4 atom stereocenters. The molecule has 0 saturated heterocycles. The number of nitrogens with zero attached hydrogens (tertiary/aromatic N) is 8. The summed E-state index contributed by atoms with van der Waals surface area (Å²) in [7, 11) is 1.57. The molecule has 0 aromatic heterocycles. The quantitative estimate of drug-likeness (QED) is 0.0322. The summed E-state index contributed by atoms with van der Waals surface area (Å²) in [6.07, 6.45) is 27.7. The molecular weight excluding hydrogens is 1490 g/mol. The lowest BCUT2D eigenvalue weighted by Gasteiger charge is -2.39. The smallest absolute Gasteiger partial charge is 0.373 e. The van der Waals surface area contributed by atoms with Crippen LogP contribution in [-0.4, -0.2) is 195 Å². The molecule has 5 aliphatic heterocycles. The molecule has 29 heteroatoms. The maximum absolute atomic E-state index is 13.4. The Bertz CT molecular complexity index is 4130. The summed E-state index contributed by atoms with van der Waals surface area (Å²) in [6.45, 7) is 15.8. The van der Waals surface area contributed by atoms with E-state index in [4.69, 9.17) is 44.2 Å². The molecule has 0 bridgehead atoms. The van der Waals surface area contributed by atoms with Crippen LogP contribution in [-0.2, 0) is 52.7 Å². The van der Waals surface area contributed by atoms with Crippen molar-refractivity contribution in [3.8, 4) is 17.2 Å². The molecule has 8 amide bonds. The molecule has 116 heavy (non-hydrogen) atoms. The minimum absolute atomic E-state index is 0.0189. The predicted molar refractivity (Wildman–Crippen MR) is 427 cm³/mol. The van der Waals surface area contributed by atoms with Crippen molar-refractivity contribution in [1.29, 1.82) is 0 Å². The highest BCUT2D eigenvalue weighted by molar-refractivity contribution is 6.02. The average molecular weight is 1610 g/mol. The normalized spacial score (nSPS) is 17.5. The third-order valence-electron chi connectivity index (χ3n) is 20.3. The van der Waals surface area contributed by atoms with Gasteiger partial charge in [-0.05, 0) is 149 Å². The molecule has 4 N–H and O–H groups in total. The van der Waals surface area contributed by atoms with Crippen LogP contribution in [0.3, 0.4) is 0 Å². The van der Waals surface area contributed by atoms with Crippen molar-refractivity contribution in [3.63, 3.8) is 0 Å². The molecule has 10 rings (SSSR count). The number of aryl methyl sites for hydroxylation is 1. The number of hydrogen-bond acceptors (Lipinski definition) is 17. The van der Waals surface area contributed by atoms with Crippen LogP contribution in [0, 0.1) is 30.6 Å². The number of carboxylic acid groups (broad SMARTS) is 4. The van der Waals surface area contributed by atoms with E-state index in [0.717, 1.165) is 63.4 Å². The Balaban J connectivity index is 0.000000238. The molecule has 1 saturated carbocycles. The third kappa shape index (κ3) is 28.1. The van der Waals surface area contributed by atoms with Crippen molar-refractivity contribution >= 4 is 77.3 Å². The zero-order valence-corrected chi connectivity index (χ0v) is 67.7. The SMILES string of the molecule is CC(C)C1C(=O)N(CCCCCC(=O)O)C=CN1C(=O)C1CCCCC1.CC(C)C1C(=O)N(CCCCCC(=O)O)C=CN1C(=O)c1ccc2c(c1)OCO2.CC(C)C1C(=O)N(CCCCCC(=O)O)C=CN1C(=O)c1ccccc1.COc1ccc(C2C(=O)N(CCCCCC(=O)O)C=CN2C(=O)c2ccc(C)cc2)cc1.O=C=O. The van der Waals surface area contributed by atoms with Crippen molar-refractivity contribution < 1.29 is 102 Å². The molecule has 626 valence electrons. The van der Waals surface area contributed by atoms with Crippen LogP contribution in [0.2, 0.25) is 0 Å². The van der Waals surface area contributed by atoms with Crippen LogP contribution in [0.1, 0.15) is 225 Å². The van der Waals surface area contributed by atoms with Crippen molar-refractivity contribution in [1.82, 2.24) is 39.2 Å². The van der Waals surface area contributed by atoms with Crippen LogP contribution >= 0.6 is 0 Å². The Morgan fingerprint density at radius 1 is 0.422 bits per heavy atom. The highest BCUT2D eigenvalue weighted by Crippen LogP contribution is 2.36. The van der Waals surface area contributed by atoms with Gasteiger partial charge >= 0.3 is 30.0 Å². The largest absolute Gasteiger partial charge is 0.497 e. The number of carbonyl (C=O) groups excluding carboxylic acids is 10. The highest BCUT2D eigenvalue weighted by atomic mass is 16.7. The summed E-state index contributed by atoms with van der Waals surface area (Å²) >= 11 is 0. The fourth-order valence-electron chi connectivity index (χ4n) is 14.1. The Labute approximate surface area is 678 Å². The topological polar surface area (TPSA) is 374 Å². The fraction of sp³-hybridized carbons (Fsp3) is 0.483. The molecule has 1 fully saturated rings. The van der Waals surface area contributed by atoms with Crippen LogP contribution in [0.4, 0.5) is 0 Å². The monoisotopic (exact) mass is 1600 g/mol. The summed E-state index contributed by atoms with van der Waals surface area (Å²) in [6, 6.07) is 26.0. The van der Waals surface area contributed by atoms with E-state index in [-0.39, 0.29) is 110 Å². The van der Waals surface area contributed by atoms with Crippen LogP contribution in [0.15, 0.2) is 147 Å². The second-order valence-corrected chi connectivity index (χ2v) is 30.0. The first-order valence-electron chi connectivity index (χ1n) is 39.8. The van der Waals surface area contributed by atoms with Crippen molar-refractivity contribution in [2.45, 2.75) is 207 Å². The van der Waals surface area contributed by atoms with E-state index in [1.807, 2.05) is 66.7 Å². The number of benzene rings is 4. The highest BCUT2D eigenvalue weighted by Gasteiger charge is 2.42. The molecule has 0 radical (unpaired) electrons. The molecule has 5 heterocycles. The first-order chi connectivity index (χ1) is 55.5. The van der Waals surface area contributed by atoms with Crippen molar-refractivity contribution in [2.75, 3.05) is 40.1 Å². The maximum Gasteiger partial charge on any atom is 0.373 e. The third-order valence-corrected chi connectivity index (χ3v) is 20.3. The van der Waals surface area contributed by atoms with Crippen molar-refractivity contribution in [2.24, 2.45) is 23.7 Å². The lowest BCUT2D eigenvalue weighted by atomic mass is 9.87. The Kier molecular flexibility index (Phi) is 38.4. The van der Waals surface area contributed by atoms with Gasteiger partial charge in [0.15, 0.2) is 11.5 Å². The number of aliphatic carboxylic acids is 4. The average Bonchev–Trinajstić information content (AvgIpc) is 1.17. The lowest BCUT2D eigenvalue weighted by molar-refractivity contribution is -0.192. The van der Waals surface area contributed by atoms with Crippen LogP contribution in [0.5, 0.6) is 17.2 Å². The van der Waals surface area contributed by atoms with Gasteiger partial charge in [0.05, 0.1) is 7.11 Å². The summed E-state index contributed by atoms with van der Waals surface area (Å²) < 4.78 is 15.8. The summed E-state index contributed by atoms with van der Waals surface area (Å²) in [5.41, 5.74) is 3.23. The number of unbranched alkanes of at least 4 members (excludes halogenated alkanes) is 8. The van der Waals surface area contributed by atoms with E-state index in [1.54, 1.807) is 160 Å². The van der Waals surface area contributed by atoms with E-state index in [9.17, 15) is 57.5 Å². The van der Waals surface area contributed by atoms with Gasteiger partial charge in [0.25, 0.3) is 23.6 Å². The number of amides is 8. The minimum Gasteiger partial charge on any atom is -0.497 e.